The molecule has 0 rings (SSSR count). The van der Waals surface area contributed by atoms with Crippen LogP contribution in [-0.4, -0.2) is 57.3 Å². The molecule has 6 nitrogen and oxygen atoms in total. The maximum atomic E-state index is 12.6. The van der Waals surface area contributed by atoms with E-state index in [1.807, 2.05) is 0 Å². The summed E-state index contributed by atoms with van der Waals surface area (Å²) in [5, 5.41) is 43.8. The van der Waals surface area contributed by atoms with Crippen molar-refractivity contribution in [1.29, 1.82) is 0 Å². The van der Waals surface area contributed by atoms with Crippen LogP contribution in [0.3, 0.4) is 0 Å². The Labute approximate surface area is 412 Å². The number of aliphatic hydroxyl groups excluding tert-OH is 4. The van der Waals surface area contributed by atoms with E-state index in [0.29, 0.717) is 12.8 Å². The first kappa shape index (κ1) is 64.8. The third-order valence-corrected chi connectivity index (χ3v) is 14.1. The van der Waals surface area contributed by atoms with Crippen LogP contribution in [0.25, 0.3) is 0 Å². The lowest BCUT2D eigenvalue weighted by molar-refractivity contribution is -0.132. The highest BCUT2D eigenvalue weighted by molar-refractivity contribution is 5.80. The Morgan fingerprint density at radius 2 is 0.621 bits per heavy atom. The van der Waals surface area contributed by atoms with Crippen LogP contribution in [0.1, 0.15) is 322 Å². The fourth-order valence-electron chi connectivity index (χ4n) is 9.46. The molecule has 0 saturated carbocycles. The van der Waals surface area contributed by atoms with Crippen molar-refractivity contribution in [2.45, 2.75) is 346 Å². The van der Waals surface area contributed by atoms with Gasteiger partial charge >= 0.3 is 0 Å². The summed E-state index contributed by atoms with van der Waals surface area (Å²) in [6, 6.07) is -0.999. The number of carbonyl (C=O) groups excluding carboxylic acids is 1. The number of hydrogen-bond acceptors (Lipinski definition) is 5. The minimum Gasteiger partial charge on any atom is -0.394 e. The number of unbranched alkanes of at least 4 members (excludes halogenated alkanes) is 42. The van der Waals surface area contributed by atoms with Gasteiger partial charge in [-0.15, -0.1) is 0 Å². The van der Waals surface area contributed by atoms with Crippen LogP contribution < -0.4 is 5.32 Å². The number of nitrogens with one attached hydrogen (secondary N) is 1. The smallest absolute Gasteiger partial charge is 0.249 e. The van der Waals surface area contributed by atoms with E-state index in [1.54, 1.807) is 0 Å². The zero-order chi connectivity index (χ0) is 48.1. The van der Waals surface area contributed by atoms with Crippen molar-refractivity contribution < 1.29 is 25.2 Å². The lowest BCUT2D eigenvalue weighted by atomic mass is 10.00. The standard InChI is InChI=1S/C60H117NO5/c1-3-5-7-9-11-13-15-17-18-19-20-21-22-23-24-25-26-27-28-29-30-31-32-33-34-35-36-37-38-39-40-41-42-44-46-48-50-52-54-58(64)60(66)61-56(55-62)59(65)57(63)53-51-49-47-45-43-16-14-12-10-8-6-4-2/h29-30,45,47,56-59,62-65H,3-28,31-44,46,48-55H2,1-2H3,(H,61,66)/b30-29-,47-45+. The van der Waals surface area contributed by atoms with Gasteiger partial charge in [-0.1, -0.05) is 282 Å². The Kier molecular flexibility index (Phi) is 53.7. The minimum absolute atomic E-state index is 0.366. The Morgan fingerprint density at radius 3 is 0.909 bits per heavy atom. The van der Waals surface area contributed by atoms with Crippen molar-refractivity contribution in [3.05, 3.63) is 24.3 Å². The second kappa shape index (κ2) is 54.7. The van der Waals surface area contributed by atoms with E-state index < -0.39 is 36.9 Å². The third kappa shape index (κ3) is 47.8. The van der Waals surface area contributed by atoms with Crippen LogP contribution in [0.2, 0.25) is 0 Å². The molecule has 0 aliphatic heterocycles. The summed E-state index contributed by atoms with van der Waals surface area (Å²) >= 11 is 0. The largest absolute Gasteiger partial charge is 0.394 e. The summed E-state index contributed by atoms with van der Waals surface area (Å²) in [6.07, 6.45) is 67.2. The fraction of sp³-hybridized carbons (Fsp3) is 0.917. The van der Waals surface area contributed by atoms with Crippen LogP contribution in [0, 0.1) is 0 Å². The van der Waals surface area contributed by atoms with Crippen LogP contribution in [0.4, 0.5) is 0 Å². The van der Waals surface area contributed by atoms with Gasteiger partial charge in [0.15, 0.2) is 0 Å². The molecule has 0 bridgehead atoms. The quantitative estimate of drug-likeness (QED) is 0.0308. The second-order valence-corrected chi connectivity index (χ2v) is 20.7. The lowest BCUT2D eigenvalue weighted by Crippen LogP contribution is -2.53. The van der Waals surface area contributed by atoms with E-state index in [1.165, 1.54) is 257 Å². The number of allylic oxidation sites excluding steroid dienone is 4. The molecule has 6 heteroatoms. The molecule has 0 heterocycles. The van der Waals surface area contributed by atoms with Crippen LogP contribution in [0.5, 0.6) is 0 Å². The Morgan fingerprint density at radius 1 is 0.364 bits per heavy atom. The number of amides is 1. The van der Waals surface area contributed by atoms with E-state index in [2.05, 4.69) is 43.5 Å². The lowest BCUT2D eigenvalue weighted by Gasteiger charge is -2.27. The van der Waals surface area contributed by atoms with Gasteiger partial charge in [0, 0.05) is 0 Å². The Balaban J connectivity index is 3.49. The van der Waals surface area contributed by atoms with Crippen molar-refractivity contribution in [3.8, 4) is 0 Å². The van der Waals surface area contributed by atoms with Gasteiger partial charge in [-0.25, -0.2) is 0 Å². The molecular weight excluding hydrogens is 815 g/mol. The molecule has 4 atom stereocenters. The van der Waals surface area contributed by atoms with Gasteiger partial charge in [0.2, 0.25) is 5.91 Å². The SMILES string of the molecule is CCCCCCCCC/C=C/CCCC(O)C(O)C(CO)NC(=O)C(O)CCCCCCCCCCCCCCCCCC/C=C\CCCCCCCCCCCCCCCCCCCC. The molecule has 1 amide bonds. The molecule has 4 unspecified atom stereocenters. The molecular formula is C60H117NO5. The molecule has 0 radical (unpaired) electrons. The minimum atomic E-state index is -1.28. The maximum Gasteiger partial charge on any atom is 0.249 e. The Hall–Kier alpha value is -1.21. The van der Waals surface area contributed by atoms with Crippen molar-refractivity contribution in [2.24, 2.45) is 0 Å². The molecule has 5 N–H and O–H groups in total. The fourth-order valence-corrected chi connectivity index (χ4v) is 9.46. The van der Waals surface area contributed by atoms with E-state index in [-0.39, 0.29) is 0 Å². The van der Waals surface area contributed by atoms with Gasteiger partial charge in [-0.2, -0.15) is 0 Å². The molecule has 0 saturated heterocycles. The number of rotatable bonds is 55. The first-order valence-electron chi connectivity index (χ1n) is 29.7. The number of hydrogen-bond donors (Lipinski definition) is 5. The summed E-state index contributed by atoms with van der Waals surface area (Å²) in [4.78, 5) is 12.6. The van der Waals surface area contributed by atoms with E-state index >= 15 is 0 Å². The zero-order valence-corrected chi connectivity index (χ0v) is 44.5. The molecule has 0 aliphatic rings. The maximum absolute atomic E-state index is 12.6. The molecule has 66 heavy (non-hydrogen) atoms. The predicted octanol–water partition coefficient (Wildman–Crippen LogP) is 17.4. The number of aliphatic hydroxyl groups is 4. The molecule has 0 spiro atoms. The van der Waals surface area contributed by atoms with Crippen molar-refractivity contribution in [2.75, 3.05) is 6.61 Å². The molecule has 0 aromatic carbocycles. The number of carbonyl (C=O) groups is 1. The van der Waals surface area contributed by atoms with Crippen LogP contribution >= 0.6 is 0 Å². The van der Waals surface area contributed by atoms with Gasteiger partial charge in [-0.05, 0) is 64.2 Å². The first-order chi connectivity index (χ1) is 32.5. The van der Waals surface area contributed by atoms with E-state index in [0.717, 1.165) is 38.5 Å². The average molecular weight is 933 g/mol. The summed E-state index contributed by atoms with van der Waals surface area (Å²) < 4.78 is 0. The molecule has 0 aromatic rings. The molecule has 0 aliphatic carbocycles. The zero-order valence-electron chi connectivity index (χ0n) is 44.5. The van der Waals surface area contributed by atoms with Crippen LogP contribution in [0.15, 0.2) is 24.3 Å². The average Bonchev–Trinajstić information content (AvgIpc) is 3.32. The van der Waals surface area contributed by atoms with Gasteiger partial charge in [0.25, 0.3) is 0 Å². The van der Waals surface area contributed by atoms with Gasteiger partial charge in [0.05, 0.1) is 18.8 Å². The molecule has 392 valence electrons. The van der Waals surface area contributed by atoms with Crippen LogP contribution in [-0.2, 0) is 4.79 Å². The van der Waals surface area contributed by atoms with Crippen molar-refractivity contribution >= 4 is 5.91 Å². The van der Waals surface area contributed by atoms with Crippen molar-refractivity contribution in [3.63, 3.8) is 0 Å². The normalized spacial score (nSPS) is 13.8. The summed E-state index contributed by atoms with van der Waals surface area (Å²) in [5.41, 5.74) is 0. The highest BCUT2D eigenvalue weighted by Gasteiger charge is 2.28. The van der Waals surface area contributed by atoms with Gasteiger partial charge in [0.1, 0.15) is 12.2 Å². The van der Waals surface area contributed by atoms with Gasteiger partial charge < -0.3 is 25.7 Å². The summed E-state index contributed by atoms with van der Waals surface area (Å²) in [6.45, 7) is 4.05. The third-order valence-electron chi connectivity index (χ3n) is 14.1. The van der Waals surface area contributed by atoms with Gasteiger partial charge in [-0.3, -0.25) is 4.79 Å². The highest BCUT2D eigenvalue weighted by atomic mass is 16.3. The topological polar surface area (TPSA) is 110 Å². The molecule has 0 aromatic heterocycles. The second-order valence-electron chi connectivity index (χ2n) is 20.7. The van der Waals surface area contributed by atoms with E-state index in [9.17, 15) is 25.2 Å². The predicted molar refractivity (Wildman–Crippen MR) is 288 cm³/mol. The van der Waals surface area contributed by atoms with E-state index in [4.69, 9.17) is 0 Å². The summed E-state index contributed by atoms with van der Waals surface area (Å²) in [7, 11) is 0. The van der Waals surface area contributed by atoms with Crippen molar-refractivity contribution in [1.82, 2.24) is 5.32 Å². The Bertz CT molecular complexity index is 1000. The monoisotopic (exact) mass is 932 g/mol. The first-order valence-corrected chi connectivity index (χ1v) is 29.7. The highest BCUT2D eigenvalue weighted by Crippen LogP contribution is 2.18. The molecule has 0 fully saturated rings. The summed E-state index contributed by atoms with van der Waals surface area (Å²) in [5.74, 6) is -0.590.